The fourth-order valence-corrected chi connectivity index (χ4v) is 1.87. The van der Waals surface area contributed by atoms with Gasteiger partial charge in [-0.05, 0) is 26.0 Å². The zero-order chi connectivity index (χ0) is 12.8. The molecule has 0 saturated carbocycles. The van der Waals surface area contributed by atoms with Crippen molar-refractivity contribution in [2.45, 2.75) is 20.0 Å². The van der Waals surface area contributed by atoms with E-state index in [-0.39, 0.29) is 5.82 Å². The third-order valence-corrected chi connectivity index (χ3v) is 2.74. The number of halogens is 1. The lowest BCUT2D eigenvalue weighted by molar-refractivity contribution is 0.193. The first kappa shape index (κ1) is 13.9. The number of anilines is 1. The molecule has 0 heterocycles. The third kappa shape index (κ3) is 3.41. The molecule has 1 atom stereocenters. The molecule has 0 bridgehead atoms. The predicted molar refractivity (Wildman–Crippen MR) is 66.8 cm³/mol. The number of nitrogens with zero attached hydrogens (tertiary/aromatic N) is 1. The van der Waals surface area contributed by atoms with Crippen LogP contribution in [-0.4, -0.2) is 31.9 Å². The van der Waals surface area contributed by atoms with Crippen molar-refractivity contribution in [3.63, 3.8) is 0 Å². The lowest BCUT2D eigenvalue weighted by Crippen LogP contribution is -2.28. The summed E-state index contributed by atoms with van der Waals surface area (Å²) in [6.07, 6.45) is -0.817. The Morgan fingerprint density at radius 3 is 2.71 bits per heavy atom. The number of likely N-dealkylation sites (N-methyl/N-ethyl adjacent to an activating group) is 1. The largest absolute Gasteiger partial charge is 0.389 e. The van der Waals surface area contributed by atoms with Gasteiger partial charge in [-0.2, -0.15) is 0 Å². The van der Waals surface area contributed by atoms with Crippen LogP contribution in [0, 0.1) is 5.82 Å². The molecule has 0 aliphatic rings. The summed E-state index contributed by atoms with van der Waals surface area (Å²) in [5.74, 6) is -0.367. The molecule has 0 fully saturated rings. The van der Waals surface area contributed by atoms with Gasteiger partial charge < -0.3 is 14.7 Å². The topological polar surface area (TPSA) is 32.7 Å². The summed E-state index contributed by atoms with van der Waals surface area (Å²) in [7, 11) is 1.63. The summed E-state index contributed by atoms with van der Waals surface area (Å²) in [6.45, 7) is 5.56. The van der Waals surface area contributed by atoms with E-state index in [1.54, 1.807) is 20.1 Å². The van der Waals surface area contributed by atoms with Gasteiger partial charge in [0.2, 0.25) is 0 Å². The number of benzene rings is 1. The van der Waals surface area contributed by atoms with Crippen LogP contribution in [0.15, 0.2) is 18.2 Å². The first-order valence-corrected chi connectivity index (χ1v) is 5.82. The second-order valence-electron chi connectivity index (χ2n) is 3.92. The Balaban J connectivity index is 3.05. The molecule has 96 valence electrons. The zero-order valence-electron chi connectivity index (χ0n) is 10.6. The van der Waals surface area contributed by atoms with Crippen LogP contribution in [0.25, 0.3) is 0 Å². The summed E-state index contributed by atoms with van der Waals surface area (Å²) in [5.41, 5.74) is 1.09. The molecule has 1 unspecified atom stereocenters. The zero-order valence-corrected chi connectivity index (χ0v) is 10.6. The van der Waals surface area contributed by atoms with Crippen molar-refractivity contribution in [1.82, 2.24) is 0 Å². The highest BCUT2D eigenvalue weighted by molar-refractivity contribution is 5.55. The number of aliphatic hydroxyl groups excluding tert-OH is 1. The van der Waals surface area contributed by atoms with Gasteiger partial charge in [0.1, 0.15) is 5.82 Å². The number of hydrogen-bond donors (Lipinski definition) is 1. The minimum absolute atomic E-state index is 0.352. The molecule has 1 aromatic rings. The van der Waals surface area contributed by atoms with E-state index in [1.165, 1.54) is 6.07 Å². The van der Waals surface area contributed by atoms with Crippen LogP contribution < -0.4 is 4.90 Å². The van der Waals surface area contributed by atoms with Crippen LogP contribution in [-0.2, 0) is 4.74 Å². The maximum Gasteiger partial charge on any atom is 0.131 e. The van der Waals surface area contributed by atoms with E-state index in [0.717, 1.165) is 12.2 Å². The molecule has 1 rings (SSSR count). The first-order chi connectivity index (χ1) is 8.11. The van der Waals surface area contributed by atoms with Crippen LogP contribution >= 0.6 is 0 Å². The second kappa shape index (κ2) is 6.57. The van der Waals surface area contributed by atoms with Crippen molar-refractivity contribution in [2.24, 2.45) is 0 Å². The monoisotopic (exact) mass is 241 g/mol. The molecule has 0 aromatic heterocycles. The summed E-state index contributed by atoms with van der Waals surface area (Å²) in [4.78, 5) is 1.99. The molecule has 0 aliphatic carbocycles. The molecule has 0 radical (unpaired) electrons. The molecular weight excluding hydrogens is 221 g/mol. The first-order valence-electron chi connectivity index (χ1n) is 5.82. The molecule has 0 saturated heterocycles. The fraction of sp³-hybridized carbons (Fsp3) is 0.538. The molecule has 0 aliphatic heterocycles. The Kier molecular flexibility index (Phi) is 5.38. The van der Waals surface area contributed by atoms with E-state index in [0.29, 0.717) is 18.7 Å². The minimum Gasteiger partial charge on any atom is -0.389 e. The summed E-state index contributed by atoms with van der Waals surface area (Å²) in [6, 6.07) is 4.85. The van der Waals surface area contributed by atoms with Crippen LogP contribution in [0.3, 0.4) is 0 Å². The maximum atomic E-state index is 13.7. The van der Waals surface area contributed by atoms with Crippen molar-refractivity contribution < 1.29 is 14.2 Å². The van der Waals surface area contributed by atoms with Gasteiger partial charge in [-0.3, -0.25) is 0 Å². The highest BCUT2D eigenvalue weighted by Gasteiger charge is 2.17. The van der Waals surface area contributed by atoms with E-state index < -0.39 is 6.10 Å². The average molecular weight is 241 g/mol. The van der Waals surface area contributed by atoms with E-state index >= 15 is 0 Å². The van der Waals surface area contributed by atoms with Crippen molar-refractivity contribution in [1.29, 1.82) is 0 Å². The Hall–Kier alpha value is -1.13. The van der Waals surface area contributed by atoms with Gasteiger partial charge in [-0.25, -0.2) is 4.39 Å². The van der Waals surface area contributed by atoms with Gasteiger partial charge in [0.25, 0.3) is 0 Å². The Bertz CT molecular complexity index is 355. The number of rotatable bonds is 6. The minimum atomic E-state index is -0.817. The van der Waals surface area contributed by atoms with Gasteiger partial charge >= 0.3 is 0 Å². The van der Waals surface area contributed by atoms with Crippen LogP contribution in [0.4, 0.5) is 10.1 Å². The standard InChI is InChI=1S/C13H20FNO2/c1-4-15(8-9-17-3)12-7-5-6-11(14)13(12)10(2)16/h5-7,10,16H,4,8-9H2,1-3H3. The molecule has 1 N–H and O–H groups in total. The van der Waals surface area contributed by atoms with E-state index in [2.05, 4.69) is 0 Å². The fourth-order valence-electron chi connectivity index (χ4n) is 1.87. The molecule has 17 heavy (non-hydrogen) atoms. The quantitative estimate of drug-likeness (QED) is 0.830. The molecule has 4 heteroatoms. The Morgan fingerprint density at radius 1 is 1.47 bits per heavy atom. The number of methoxy groups -OCH3 is 1. The van der Waals surface area contributed by atoms with Crippen molar-refractivity contribution in [3.05, 3.63) is 29.6 Å². The summed E-state index contributed by atoms with van der Waals surface area (Å²) >= 11 is 0. The predicted octanol–water partition coefficient (Wildman–Crippen LogP) is 2.35. The number of ether oxygens (including phenoxy) is 1. The highest BCUT2D eigenvalue weighted by atomic mass is 19.1. The van der Waals surface area contributed by atoms with Crippen LogP contribution in [0.5, 0.6) is 0 Å². The van der Waals surface area contributed by atoms with E-state index in [1.807, 2.05) is 17.9 Å². The normalized spacial score (nSPS) is 12.5. The van der Waals surface area contributed by atoms with Gasteiger partial charge in [0.15, 0.2) is 0 Å². The maximum absolute atomic E-state index is 13.7. The number of hydrogen-bond acceptors (Lipinski definition) is 3. The summed E-state index contributed by atoms with van der Waals surface area (Å²) in [5, 5.41) is 9.66. The van der Waals surface area contributed by atoms with Gasteiger partial charge in [0, 0.05) is 31.5 Å². The Morgan fingerprint density at radius 2 is 2.18 bits per heavy atom. The molecular formula is C13H20FNO2. The van der Waals surface area contributed by atoms with Crippen molar-refractivity contribution in [3.8, 4) is 0 Å². The molecule has 1 aromatic carbocycles. The average Bonchev–Trinajstić information content (AvgIpc) is 2.29. The van der Waals surface area contributed by atoms with Crippen molar-refractivity contribution in [2.75, 3.05) is 31.7 Å². The highest BCUT2D eigenvalue weighted by Crippen LogP contribution is 2.28. The smallest absolute Gasteiger partial charge is 0.131 e. The SMILES string of the molecule is CCN(CCOC)c1cccc(F)c1C(C)O. The molecule has 3 nitrogen and oxygen atoms in total. The molecule has 0 amide bonds. The molecule has 0 spiro atoms. The lowest BCUT2D eigenvalue weighted by Gasteiger charge is -2.26. The summed E-state index contributed by atoms with van der Waals surface area (Å²) < 4.78 is 18.7. The van der Waals surface area contributed by atoms with Gasteiger partial charge in [-0.1, -0.05) is 6.07 Å². The van der Waals surface area contributed by atoms with Crippen molar-refractivity contribution >= 4 is 5.69 Å². The second-order valence-corrected chi connectivity index (χ2v) is 3.92. The number of aliphatic hydroxyl groups is 1. The van der Waals surface area contributed by atoms with E-state index in [4.69, 9.17) is 4.74 Å². The van der Waals surface area contributed by atoms with Gasteiger partial charge in [0.05, 0.1) is 12.7 Å². The third-order valence-electron chi connectivity index (χ3n) is 2.74. The van der Waals surface area contributed by atoms with Crippen LogP contribution in [0.2, 0.25) is 0 Å². The lowest BCUT2D eigenvalue weighted by atomic mass is 10.1. The van der Waals surface area contributed by atoms with Crippen LogP contribution in [0.1, 0.15) is 25.5 Å². The van der Waals surface area contributed by atoms with E-state index in [9.17, 15) is 9.50 Å². The van der Waals surface area contributed by atoms with Gasteiger partial charge in [-0.15, -0.1) is 0 Å². The Labute approximate surface area is 102 Å².